The Morgan fingerprint density at radius 2 is 2.00 bits per heavy atom. The summed E-state index contributed by atoms with van der Waals surface area (Å²) in [5, 5.41) is 9.14. The molecule has 3 N–H and O–H groups in total. The highest BCUT2D eigenvalue weighted by molar-refractivity contribution is 6.00. The van der Waals surface area contributed by atoms with E-state index in [1.165, 1.54) is 0 Å². The molecule has 1 fully saturated rings. The van der Waals surface area contributed by atoms with Crippen molar-refractivity contribution < 1.29 is 18.0 Å². The van der Waals surface area contributed by atoms with Gasteiger partial charge in [0.15, 0.2) is 11.5 Å². The molecule has 30 heavy (non-hydrogen) atoms. The third-order valence-electron chi connectivity index (χ3n) is 5.16. The van der Waals surface area contributed by atoms with Crippen molar-refractivity contribution in [1.82, 2.24) is 19.9 Å². The van der Waals surface area contributed by atoms with Gasteiger partial charge in [0.25, 0.3) is 0 Å². The van der Waals surface area contributed by atoms with Crippen LogP contribution in [0.3, 0.4) is 0 Å². The molecule has 0 atom stereocenters. The average molecular weight is 422 g/mol. The van der Waals surface area contributed by atoms with E-state index < -0.39 is 11.9 Å². The predicted molar refractivity (Wildman–Crippen MR) is 104 cm³/mol. The lowest BCUT2D eigenvalue weighted by atomic mass is 9.80. The van der Waals surface area contributed by atoms with E-state index in [2.05, 4.69) is 35.9 Å². The molecule has 3 heterocycles. The number of alkyl halides is 3. The summed E-state index contributed by atoms with van der Waals surface area (Å²) in [5.41, 5.74) is 0.319. The van der Waals surface area contributed by atoms with Gasteiger partial charge in [-0.3, -0.25) is 4.79 Å². The molecule has 1 aliphatic heterocycles. The molecule has 0 saturated heterocycles. The van der Waals surface area contributed by atoms with Crippen molar-refractivity contribution >= 4 is 29.2 Å². The molecule has 0 unspecified atom stereocenters. The number of likely N-dealkylation sites (N-methyl/N-ethyl adjacent to an activating group) is 1. The van der Waals surface area contributed by atoms with Crippen LogP contribution in [0, 0.1) is 12.8 Å². The number of aromatic nitrogens is 4. The van der Waals surface area contributed by atoms with Crippen LogP contribution in [0.5, 0.6) is 0 Å². The van der Waals surface area contributed by atoms with E-state index in [4.69, 9.17) is 0 Å². The molecule has 160 valence electrons. The number of fused-ring (bicyclic) bond motifs is 1. The van der Waals surface area contributed by atoms with Crippen molar-refractivity contribution in [2.75, 3.05) is 41.0 Å². The number of carbonyl (C=O) groups excluding carboxylic acids is 1. The number of halogens is 3. The first-order valence-electron chi connectivity index (χ1n) is 9.48. The molecule has 1 aliphatic carbocycles. The van der Waals surface area contributed by atoms with Gasteiger partial charge in [0.2, 0.25) is 11.9 Å². The van der Waals surface area contributed by atoms with Crippen LogP contribution < -0.4 is 20.9 Å². The summed E-state index contributed by atoms with van der Waals surface area (Å²) in [4.78, 5) is 29.6. The summed E-state index contributed by atoms with van der Waals surface area (Å²) in [6.07, 6.45) is -0.935. The highest BCUT2D eigenvalue weighted by Gasteiger charge is 2.33. The number of aryl methyl sites for hydroxylation is 1. The lowest BCUT2D eigenvalue weighted by molar-refractivity contribution is -0.141. The zero-order valence-electron chi connectivity index (χ0n) is 16.4. The molecular formula is C18H21F3N8O. The van der Waals surface area contributed by atoms with Crippen LogP contribution in [-0.4, -0.2) is 52.0 Å². The largest absolute Gasteiger partial charge is 0.434 e. The fraction of sp³-hybridized carbons (Fsp3) is 0.500. The topological polar surface area (TPSA) is 108 Å². The second-order valence-electron chi connectivity index (χ2n) is 7.58. The van der Waals surface area contributed by atoms with Gasteiger partial charge in [-0.1, -0.05) is 0 Å². The van der Waals surface area contributed by atoms with Crippen molar-refractivity contribution in [3.05, 3.63) is 23.8 Å². The summed E-state index contributed by atoms with van der Waals surface area (Å²) >= 11 is 0. The smallest absolute Gasteiger partial charge is 0.369 e. The van der Waals surface area contributed by atoms with Gasteiger partial charge in [-0.15, -0.1) is 0 Å². The van der Waals surface area contributed by atoms with E-state index in [0.29, 0.717) is 41.4 Å². The normalized spacial score (nSPS) is 20.8. The van der Waals surface area contributed by atoms with Crippen LogP contribution >= 0.6 is 0 Å². The summed E-state index contributed by atoms with van der Waals surface area (Å²) < 4.78 is 37.5. The highest BCUT2D eigenvalue weighted by Crippen LogP contribution is 2.33. The molecule has 1 amide bonds. The number of nitrogens with zero attached hydrogens (tertiary/aromatic N) is 5. The SMILES string of the molecule is Cc1nc(N[C@H]2C[C@@H](CNc3cnc(C(F)(F)F)cn3)C2)nc2c1NC(=O)CN2C. The Kier molecular flexibility index (Phi) is 5.08. The fourth-order valence-corrected chi connectivity index (χ4v) is 3.53. The van der Waals surface area contributed by atoms with E-state index in [1.54, 1.807) is 4.90 Å². The molecular weight excluding hydrogens is 401 g/mol. The summed E-state index contributed by atoms with van der Waals surface area (Å²) in [5.74, 6) is 1.78. The van der Waals surface area contributed by atoms with Gasteiger partial charge in [0, 0.05) is 19.6 Å². The van der Waals surface area contributed by atoms with Crippen molar-refractivity contribution in [2.45, 2.75) is 32.0 Å². The molecule has 2 aromatic rings. The third-order valence-corrected chi connectivity index (χ3v) is 5.16. The summed E-state index contributed by atoms with van der Waals surface area (Å²) in [6.45, 7) is 2.66. The second kappa shape index (κ2) is 7.58. The van der Waals surface area contributed by atoms with E-state index in [9.17, 15) is 18.0 Å². The first kappa shape index (κ1) is 20.1. The quantitative estimate of drug-likeness (QED) is 0.674. The summed E-state index contributed by atoms with van der Waals surface area (Å²) in [7, 11) is 1.81. The maximum atomic E-state index is 12.5. The average Bonchev–Trinajstić information content (AvgIpc) is 2.64. The van der Waals surface area contributed by atoms with Crippen molar-refractivity contribution in [3.8, 4) is 0 Å². The molecule has 12 heteroatoms. The first-order chi connectivity index (χ1) is 14.2. The van der Waals surface area contributed by atoms with Crippen LogP contribution in [0.1, 0.15) is 24.2 Å². The Labute approximate surface area is 170 Å². The molecule has 0 bridgehead atoms. The van der Waals surface area contributed by atoms with Crippen molar-refractivity contribution in [3.63, 3.8) is 0 Å². The van der Waals surface area contributed by atoms with Gasteiger partial charge < -0.3 is 20.9 Å². The molecule has 0 aromatic carbocycles. The minimum absolute atomic E-state index is 0.0931. The van der Waals surface area contributed by atoms with Gasteiger partial charge in [0.05, 0.1) is 24.6 Å². The van der Waals surface area contributed by atoms with Gasteiger partial charge in [-0.05, 0) is 25.7 Å². The second-order valence-corrected chi connectivity index (χ2v) is 7.58. The molecule has 0 radical (unpaired) electrons. The minimum Gasteiger partial charge on any atom is -0.369 e. The Hall–Kier alpha value is -3.18. The molecule has 2 aliphatic rings. The predicted octanol–water partition coefficient (Wildman–Crippen LogP) is 2.28. The highest BCUT2D eigenvalue weighted by atomic mass is 19.4. The standard InChI is InChI=1S/C18H21F3N8O/c1-9-15-16(29(2)8-14(30)27-15)28-17(25-9)26-11-3-10(4-11)5-23-13-7-22-12(6-24-13)18(19,20)21/h6-7,10-11H,3-5,8H2,1-2H3,(H,23,24)(H,27,30)(H,25,26,28)/t10-,11+. The van der Waals surface area contributed by atoms with Crippen LogP contribution in [0.15, 0.2) is 12.4 Å². The van der Waals surface area contributed by atoms with E-state index in [1.807, 2.05) is 14.0 Å². The van der Waals surface area contributed by atoms with E-state index >= 15 is 0 Å². The minimum atomic E-state index is -4.49. The summed E-state index contributed by atoms with van der Waals surface area (Å²) in [6, 6.07) is 0.205. The van der Waals surface area contributed by atoms with E-state index in [-0.39, 0.29) is 18.5 Å². The van der Waals surface area contributed by atoms with Gasteiger partial charge in [-0.2, -0.15) is 18.2 Å². The van der Waals surface area contributed by atoms with Crippen LogP contribution in [0.4, 0.5) is 36.4 Å². The van der Waals surface area contributed by atoms with Crippen LogP contribution in [-0.2, 0) is 11.0 Å². The molecule has 1 saturated carbocycles. The first-order valence-corrected chi connectivity index (χ1v) is 9.48. The third kappa shape index (κ3) is 4.21. The number of rotatable bonds is 5. The fourth-order valence-electron chi connectivity index (χ4n) is 3.53. The zero-order chi connectivity index (χ0) is 21.5. The number of hydrogen-bond acceptors (Lipinski definition) is 8. The molecule has 0 spiro atoms. The van der Waals surface area contributed by atoms with E-state index in [0.717, 1.165) is 25.2 Å². The monoisotopic (exact) mass is 422 g/mol. The van der Waals surface area contributed by atoms with Crippen LogP contribution in [0.25, 0.3) is 0 Å². The van der Waals surface area contributed by atoms with Crippen molar-refractivity contribution in [2.24, 2.45) is 5.92 Å². The Morgan fingerprint density at radius 1 is 1.23 bits per heavy atom. The maximum Gasteiger partial charge on any atom is 0.434 e. The molecule has 4 rings (SSSR count). The number of anilines is 4. The number of hydrogen-bond donors (Lipinski definition) is 3. The lowest BCUT2D eigenvalue weighted by Crippen LogP contribution is -2.40. The Balaban J connectivity index is 1.28. The Bertz CT molecular complexity index is 944. The zero-order valence-corrected chi connectivity index (χ0v) is 16.4. The number of nitrogens with one attached hydrogen (secondary N) is 3. The van der Waals surface area contributed by atoms with Crippen molar-refractivity contribution in [1.29, 1.82) is 0 Å². The Morgan fingerprint density at radius 3 is 2.67 bits per heavy atom. The van der Waals surface area contributed by atoms with Gasteiger partial charge >= 0.3 is 6.18 Å². The molecule has 2 aromatic heterocycles. The van der Waals surface area contributed by atoms with Gasteiger partial charge in [-0.25, -0.2) is 15.0 Å². The lowest BCUT2D eigenvalue weighted by Gasteiger charge is -2.36. The van der Waals surface area contributed by atoms with Crippen LogP contribution in [0.2, 0.25) is 0 Å². The maximum absolute atomic E-state index is 12.5. The van der Waals surface area contributed by atoms with Gasteiger partial charge in [0.1, 0.15) is 11.5 Å². The number of amides is 1. The molecule has 9 nitrogen and oxygen atoms in total. The number of carbonyl (C=O) groups is 1.